The molecule has 1 aliphatic carbocycles. The lowest BCUT2D eigenvalue weighted by atomic mass is 9.75. The first-order chi connectivity index (χ1) is 12.6. The number of rotatable bonds is 1. The largest absolute Gasteiger partial charge is 0.325 e. The Balaban J connectivity index is 1.67. The van der Waals surface area contributed by atoms with Gasteiger partial charge in [-0.2, -0.15) is 0 Å². The molecule has 2 atom stereocenters. The number of alkyl halides is 1. The highest BCUT2D eigenvalue weighted by Crippen LogP contribution is 2.52. The van der Waals surface area contributed by atoms with Crippen LogP contribution in [0.1, 0.15) is 55.1 Å². The highest BCUT2D eigenvalue weighted by Gasteiger charge is 2.46. The minimum Gasteiger partial charge on any atom is -0.325 e. The molecule has 0 radical (unpaired) electrons. The number of aromatic nitrogens is 2. The maximum atomic E-state index is 14.4. The van der Waals surface area contributed by atoms with E-state index < -0.39 is 6.17 Å². The fourth-order valence-electron chi connectivity index (χ4n) is 5.04. The predicted octanol–water partition coefficient (Wildman–Crippen LogP) is 4.42. The summed E-state index contributed by atoms with van der Waals surface area (Å²) in [5.74, 6) is 1.01. The van der Waals surface area contributed by atoms with Gasteiger partial charge >= 0.3 is 0 Å². The van der Waals surface area contributed by atoms with Crippen LogP contribution in [0, 0.1) is 0 Å². The molecule has 1 N–H and O–H groups in total. The van der Waals surface area contributed by atoms with E-state index in [0.717, 1.165) is 54.6 Å². The Morgan fingerprint density at radius 1 is 1.27 bits per heavy atom. The molecule has 6 heteroatoms. The van der Waals surface area contributed by atoms with Gasteiger partial charge in [-0.15, -0.1) is 0 Å². The van der Waals surface area contributed by atoms with Gasteiger partial charge in [-0.05, 0) is 62.0 Å². The zero-order valence-corrected chi connectivity index (χ0v) is 15.6. The molecule has 2 aliphatic heterocycles. The summed E-state index contributed by atoms with van der Waals surface area (Å²) in [7, 11) is 0. The molecule has 1 aromatic heterocycles. The predicted molar refractivity (Wildman–Crippen MR) is 101 cm³/mol. The van der Waals surface area contributed by atoms with Gasteiger partial charge in [0.25, 0.3) is 0 Å². The number of fused-ring (bicyclic) bond motifs is 3. The lowest BCUT2D eigenvalue weighted by Gasteiger charge is -2.35. The number of anilines is 2. The molecule has 0 amide bonds. The van der Waals surface area contributed by atoms with E-state index in [9.17, 15) is 4.39 Å². The summed E-state index contributed by atoms with van der Waals surface area (Å²) in [6.07, 6.45) is 3.18. The zero-order valence-electron chi connectivity index (χ0n) is 14.8. The van der Waals surface area contributed by atoms with Gasteiger partial charge in [0.05, 0.1) is 5.69 Å². The van der Waals surface area contributed by atoms with Crippen LogP contribution in [-0.2, 0) is 5.41 Å². The van der Waals surface area contributed by atoms with Crippen molar-refractivity contribution in [2.45, 2.75) is 43.7 Å². The third-order valence-corrected chi connectivity index (χ3v) is 6.58. The van der Waals surface area contributed by atoms with Crippen LogP contribution in [0.25, 0.3) is 0 Å². The molecule has 3 aliphatic rings. The Hall–Kier alpha value is -1.72. The van der Waals surface area contributed by atoms with E-state index in [1.54, 1.807) is 0 Å². The van der Waals surface area contributed by atoms with Crippen LogP contribution in [0.5, 0.6) is 0 Å². The third kappa shape index (κ3) is 2.30. The molecule has 1 saturated heterocycles. The first kappa shape index (κ1) is 16.5. The molecule has 0 unspecified atom stereocenters. The maximum Gasteiger partial charge on any atom is 0.143 e. The Morgan fingerprint density at radius 3 is 2.88 bits per heavy atom. The van der Waals surface area contributed by atoms with E-state index in [1.165, 1.54) is 11.9 Å². The Bertz CT molecular complexity index is 865. The smallest absolute Gasteiger partial charge is 0.143 e. The number of hydrogen-bond donors (Lipinski definition) is 1. The molecule has 5 rings (SSSR count). The summed E-state index contributed by atoms with van der Waals surface area (Å²) in [6.45, 7) is 4.96. The minimum absolute atomic E-state index is 0.0836. The SMILES string of the molecule is C[C@@H]1C[C@H](F)c2ncnc(N3CC4(CCNCC4)c4cc(Cl)ccc43)c21. The second-order valence-electron chi connectivity index (χ2n) is 7.88. The second kappa shape index (κ2) is 5.89. The van der Waals surface area contributed by atoms with Crippen molar-refractivity contribution in [2.75, 3.05) is 24.5 Å². The quantitative estimate of drug-likeness (QED) is 0.804. The second-order valence-corrected chi connectivity index (χ2v) is 8.31. The van der Waals surface area contributed by atoms with E-state index in [4.69, 9.17) is 11.6 Å². The first-order valence-corrected chi connectivity index (χ1v) is 9.74. The molecule has 2 aromatic rings. The fraction of sp³-hybridized carbons (Fsp3) is 0.500. The Kier molecular flexibility index (Phi) is 3.73. The van der Waals surface area contributed by atoms with Gasteiger partial charge in [0.1, 0.15) is 18.3 Å². The average molecular weight is 373 g/mol. The number of piperidine rings is 1. The lowest BCUT2D eigenvalue weighted by Crippen LogP contribution is -2.42. The fourth-order valence-corrected chi connectivity index (χ4v) is 5.21. The van der Waals surface area contributed by atoms with Crippen molar-refractivity contribution in [1.82, 2.24) is 15.3 Å². The molecule has 3 heterocycles. The summed E-state index contributed by atoms with van der Waals surface area (Å²) in [5.41, 5.74) is 4.10. The normalized spacial score (nSPS) is 26.2. The standard InChI is InChI=1S/C20H22ClFN4/c1-12-8-15(22)18-17(12)19(25-11-24-18)26-10-20(4-6-23-7-5-20)14-9-13(21)2-3-16(14)26/h2-3,9,11-12,15,23H,4-8,10H2,1H3/t12-,15+/m1/s1. The zero-order chi connectivity index (χ0) is 17.9. The molecule has 0 saturated carbocycles. The molecule has 4 nitrogen and oxygen atoms in total. The van der Waals surface area contributed by atoms with Crippen molar-refractivity contribution in [3.8, 4) is 0 Å². The van der Waals surface area contributed by atoms with E-state index in [2.05, 4.69) is 39.2 Å². The van der Waals surface area contributed by atoms with Crippen LogP contribution >= 0.6 is 11.6 Å². The summed E-state index contributed by atoms with van der Waals surface area (Å²) in [5, 5.41) is 4.24. The van der Waals surface area contributed by atoms with E-state index in [-0.39, 0.29) is 11.3 Å². The van der Waals surface area contributed by atoms with E-state index in [1.807, 2.05) is 6.07 Å². The van der Waals surface area contributed by atoms with Crippen LogP contribution in [-0.4, -0.2) is 29.6 Å². The van der Waals surface area contributed by atoms with Gasteiger partial charge in [-0.1, -0.05) is 18.5 Å². The van der Waals surface area contributed by atoms with Gasteiger partial charge in [0.2, 0.25) is 0 Å². The van der Waals surface area contributed by atoms with Crippen LogP contribution in [0.3, 0.4) is 0 Å². The molecule has 136 valence electrons. The molecule has 1 spiro atoms. The molecule has 26 heavy (non-hydrogen) atoms. The third-order valence-electron chi connectivity index (χ3n) is 6.34. The molecule has 0 bridgehead atoms. The van der Waals surface area contributed by atoms with Crippen LogP contribution < -0.4 is 10.2 Å². The van der Waals surface area contributed by atoms with Crippen molar-refractivity contribution in [3.05, 3.63) is 46.4 Å². The minimum atomic E-state index is -0.984. The van der Waals surface area contributed by atoms with Crippen molar-refractivity contribution < 1.29 is 4.39 Å². The van der Waals surface area contributed by atoms with Gasteiger partial charge in [-0.3, -0.25) is 0 Å². The highest BCUT2D eigenvalue weighted by atomic mass is 35.5. The van der Waals surface area contributed by atoms with Crippen molar-refractivity contribution in [2.24, 2.45) is 0 Å². The first-order valence-electron chi connectivity index (χ1n) is 9.36. The Labute approximate surface area is 157 Å². The highest BCUT2D eigenvalue weighted by molar-refractivity contribution is 6.30. The van der Waals surface area contributed by atoms with Crippen molar-refractivity contribution >= 4 is 23.1 Å². The van der Waals surface area contributed by atoms with Crippen molar-refractivity contribution in [1.29, 1.82) is 0 Å². The number of hydrogen-bond acceptors (Lipinski definition) is 4. The number of benzene rings is 1. The molecular weight excluding hydrogens is 351 g/mol. The van der Waals surface area contributed by atoms with Crippen LogP contribution in [0.15, 0.2) is 24.5 Å². The van der Waals surface area contributed by atoms with E-state index >= 15 is 0 Å². The topological polar surface area (TPSA) is 41.1 Å². The maximum absolute atomic E-state index is 14.4. The van der Waals surface area contributed by atoms with Crippen LogP contribution in [0.2, 0.25) is 5.02 Å². The van der Waals surface area contributed by atoms with Gasteiger partial charge < -0.3 is 10.2 Å². The van der Waals surface area contributed by atoms with Gasteiger partial charge in [-0.25, -0.2) is 14.4 Å². The van der Waals surface area contributed by atoms with E-state index in [0.29, 0.717) is 12.1 Å². The molecule has 1 aromatic carbocycles. The monoisotopic (exact) mass is 372 g/mol. The molecular formula is C20H22ClFN4. The number of nitrogens with one attached hydrogen (secondary N) is 1. The van der Waals surface area contributed by atoms with Crippen LogP contribution in [0.4, 0.5) is 15.9 Å². The number of nitrogens with zero attached hydrogens (tertiary/aromatic N) is 3. The average Bonchev–Trinajstić information content (AvgIpc) is 3.11. The summed E-state index contributed by atoms with van der Waals surface area (Å²) < 4.78 is 14.4. The number of halogens is 2. The Morgan fingerprint density at radius 2 is 2.08 bits per heavy atom. The van der Waals surface area contributed by atoms with Gasteiger partial charge in [0.15, 0.2) is 0 Å². The summed E-state index contributed by atoms with van der Waals surface area (Å²) >= 11 is 6.35. The van der Waals surface area contributed by atoms with Crippen molar-refractivity contribution in [3.63, 3.8) is 0 Å². The molecule has 1 fully saturated rings. The lowest BCUT2D eigenvalue weighted by molar-refractivity contribution is 0.326. The summed E-state index contributed by atoms with van der Waals surface area (Å²) in [4.78, 5) is 11.2. The summed E-state index contributed by atoms with van der Waals surface area (Å²) in [6, 6.07) is 6.15. The van der Waals surface area contributed by atoms with Gasteiger partial charge in [0, 0.05) is 28.2 Å².